The molecule has 1 saturated carbocycles. The van der Waals surface area contributed by atoms with Gasteiger partial charge in [0.1, 0.15) is 5.56 Å². The number of rotatable bonds is 10. The molecule has 0 spiro atoms. The molecular weight excluding hydrogens is 643 g/mol. The Morgan fingerprint density at radius 2 is 1.78 bits per heavy atom. The van der Waals surface area contributed by atoms with E-state index < -0.39 is 48.4 Å². The van der Waals surface area contributed by atoms with Crippen molar-refractivity contribution in [1.29, 1.82) is 0 Å². The van der Waals surface area contributed by atoms with E-state index in [-0.39, 0.29) is 71.0 Å². The summed E-state index contributed by atoms with van der Waals surface area (Å²) >= 11 is 11.9. The van der Waals surface area contributed by atoms with E-state index in [1.807, 2.05) is 0 Å². The number of alkyl halides is 5. The number of hydrogen-bond acceptors (Lipinski definition) is 6. The van der Waals surface area contributed by atoms with Gasteiger partial charge in [-0.05, 0) is 61.7 Å². The first-order valence-corrected chi connectivity index (χ1v) is 14.9. The summed E-state index contributed by atoms with van der Waals surface area (Å²) < 4.78 is 70.8. The van der Waals surface area contributed by atoms with Crippen LogP contribution in [0.25, 0.3) is 0 Å². The Labute approximate surface area is 268 Å². The van der Waals surface area contributed by atoms with E-state index in [1.54, 1.807) is 39.0 Å². The van der Waals surface area contributed by atoms with E-state index in [0.29, 0.717) is 5.56 Å². The Balaban J connectivity index is 2.02. The van der Waals surface area contributed by atoms with E-state index in [4.69, 9.17) is 34.3 Å². The molecule has 0 aliphatic heterocycles. The van der Waals surface area contributed by atoms with Crippen molar-refractivity contribution < 1.29 is 36.3 Å². The molecular formula is C29H36ClF5N6O3S. The van der Waals surface area contributed by atoms with Gasteiger partial charge in [0.15, 0.2) is 17.5 Å². The standard InChI is InChI=1S/C29H36ClF5N6O3S/c1-28(2,3)26(43)38-13-15-5-10-19(30)20(11-15)41(27(36)45)21-12-18(25(40-23(21)37-4)44-14-22(31)32)24(42)39-17-8-6-16(7-9-17)29(33,34)35/h5,10-12,16-17,22H,6-9,13-14H2,1-4H3,(H2,36,45)(H,37,40)(H,38,43)(H,39,42)/t16-,17-. The number of pyridine rings is 1. The van der Waals surface area contributed by atoms with Gasteiger partial charge in [0.25, 0.3) is 12.3 Å². The minimum Gasteiger partial charge on any atom is -0.471 e. The molecule has 16 heteroatoms. The maximum Gasteiger partial charge on any atom is 0.391 e. The molecule has 1 heterocycles. The lowest BCUT2D eigenvalue weighted by Crippen LogP contribution is -2.40. The lowest BCUT2D eigenvalue weighted by molar-refractivity contribution is -0.182. The molecule has 1 fully saturated rings. The number of nitrogens with zero attached hydrogens (tertiary/aromatic N) is 2. The zero-order chi connectivity index (χ0) is 33.7. The Kier molecular flexibility index (Phi) is 11.8. The fourth-order valence-corrected chi connectivity index (χ4v) is 5.14. The number of nitrogens with two attached hydrogens (primary N) is 1. The number of carbonyl (C=O) groups excluding carboxylic acids is 2. The number of aromatic nitrogens is 1. The van der Waals surface area contributed by atoms with E-state index in [9.17, 15) is 31.5 Å². The van der Waals surface area contributed by atoms with Crippen LogP contribution in [0.3, 0.4) is 0 Å². The molecule has 0 saturated heterocycles. The smallest absolute Gasteiger partial charge is 0.391 e. The van der Waals surface area contributed by atoms with Crippen molar-refractivity contribution in [2.75, 3.05) is 23.9 Å². The van der Waals surface area contributed by atoms with Gasteiger partial charge in [0.2, 0.25) is 11.8 Å². The number of carbonyl (C=O) groups is 2. The average Bonchev–Trinajstić information content (AvgIpc) is 2.95. The minimum absolute atomic E-state index is 0.0387. The molecule has 0 atom stereocenters. The second-order valence-corrected chi connectivity index (χ2v) is 12.4. The first kappa shape index (κ1) is 36.0. The van der Waals surface area contributed by atoms with Gasteiger partial charge in [0, 0.05) is 25.0 Å². The normalized spacial score (nSPS) is 17.0. The summed E-state index contributed by atoms with van der Waals surface area (Å²) in [6.07, 6.45) is -7.38. The van der Waals surface area contributed by atoms with Crippen LogP contribution >= 0.6 is 23.8 Å². The van der Waals surface area contributed by atoms with Crippen LogP contribution in [-0.4, -0.2) is 54.2 Å². The number of ether oxygens (including phenoxy) is 1. The highest BCUT2D eigenvalue weighted by Crippen LogP contribution is 2.40. The maximum absolute atomic E-state index is 13.5. The highest BCUT2D eigenvalue weighted by Gasteiger charge is 2.41. The van der Waals surface area contributed by atoms with E-state index in [0.717, 1.165) is 0 Å². The molecule has 0 radical (unpaired) electrons. The van der Waals surface area contributed by atoms with Crippen molar-refractivity contribution in [3.05, 3.63) is 40.4 Å². The largest absolute Gasteiger partial charge is 0.471 e. The van der Waals surface area contributed by atoms with Crippen molar-refractivity contribution in [3.63, 3.8) is 0 Å². The average molecular weight is 679 g/mol. The fourth-order valence-electron chi connectivity index (χ4n) is 4.74. The first-order valence-electron chi connectivity index (χ1n) is 14.1. The highest BCUT2D eigenvalue weighted by atomic mass is 35.5. The molecule has 1 aromatic carbocycles. The van der Waals surface area contributed by atoms with Crippen molar-refractivity contribution in [1.82, 2.24) is 15.6 Å². The number of benzene rings is 1. The van der Waals surface area contributed by atoms with Gasteiger partial charge < -0.3 is 26.4 Å². The van der Waals surface area contributed by atoms with E-state index in [1.165, 1.54) is 18.0 Å². The molecule has 2 aromatic rings. The Morgan fingerprint density at radius 3 is 2.31 bits per heavy atom. The van der Waals surface area contributed by atoms with Crippen LogP contribution in [0.4, 0.5) is 39.1 Å². The third kappa shape index (κ3) is 9.52. The van der Waals surface area contributed by atoms with Gasteiger partial charge in [-0.3, -0.25) is 14.5 Å². The van der Waals surface area contributed by atoms with Gasteiger partial charge in [-0.25, -0.2) is 8.78 Å². The molecule has 5 N–H and O–H groups in total. The molecule has 1 aliphatic carbocycles. The molecule has 9 nitrogen and oxygen atoms in total. The van der Waals surface area contributed by atoms with Gasteiger partial charge in [-0.1, -0.05) is 38.4 Å². The molecule has 2 amide bonds. The Morgan fingerprint density at radius 1 is 1.13 bits per heavy atom. The number of halogens is 6. The first-order chi connectivity index (χ1) is 20.9. The van der Waals surface area contributed by atoms with Gasteiger partial charge in [0.05, 0.1) is 22.3 Å². The number of nitrogens with one attached hydrogen (secondary N) is 3. The second-order valence-electron chi connectivity index (χ2n) is 11.6. The van der Waals surface area contributed by atoms with E-state index in [2.05, 4.69) is 20.9 Å². The predicted molar refractivity (Wildman–Crippen MR) is 166 cm³/mol. The van der Waals surface area contributed by atoms with Crippen LogP contribution in [0, 0.1) is 11.3 Å². The summed E-state index contributed by atoms with van der Waals surface area (Å²) in [7, 11) is 1.49. The van der Waals surface area contributed by atoms with Crippen molar-refractivity contribution in [2.45, 2.75) is 71.6 Å². The quantitative estimate of drug-likeness (QED) is 0.170. The zero-order valence-corrected chi connectivity index (χ0v) is 26.7. The van der Waals surface area contributed by atoms with E-state index >= 15 is 0 Å². The zero-order valence-electron chi connectivity index (χ0n) is 25.2. The third-order valence-corrected chi connectivity index (χ3v) is 7.67. The van der Waals surface area contributed by atoms with Gasteiger partial charge >= 0.3 is 6.18 Å². The summed E-state index contributed by atoms with van der Waals surface area (Å²) in [5.41, 5.74) is 6.25. The number of anilines is 3. The Bertz CT molecular complexity index is 1400. The summed E-state index contributed by atoms with van der Waals surface area (Å²) in [6.45, 7) is 4.39. The van der Waals surface area contributed by atoms with Crippen LogP contribution in [0.15, 0.2) is 24.3 Å². The van der Waals surface area contributed by atoms with Crippen molar-refractivity contribution in [2.24, 2.45) is 17.1 Å². The predicted octanol–water partition coefficient (Wildman–Crippen LogP) is 6.32. The number of amides is 2. The molecule has 0 unspecified atom stereocenters. The number of thiocarbonyl (C=S) groups is 1. The lowest BCUT2D eigenvalue weighted by atomic mass is 9.85. The van der Waals surface area contributed by atoms with Crippen molar-refractivity contribution >= 4 is 57.9 Å². The SMILES string of the molecule is CNc1nc(OCC(F)F)c(C(=O)N[C@H]2CC[C@H](C(F)(F)F)CC2)cc1N(C(N)=S)c1cc(CNC(=O)C(C)(C)C)ccc1Cl. The summed E-state index contributed by atoms with van der Waals surface area (Å²) in [5, 5.41) is 8.31. The molecule has 0 bridgehead atoms. The topological polar surface area (TPSA) is 122 Å². The van der Waals surface area contributed by atoms with Crippen molar-refractivity contribution in [3.8, 4) is 5.88 Å². The highest BCUT2D eigenvalue weighted by molar-refractivity contribution is 7.80. The molecule has 45 heavy (non-hydrogen) atoms. The summed E-state index contributed by atoms with van der Waals surface area (Å²) in [5.74, 6) is -2.83. The number of hydrogen-bond donors (Lipinski definition) is 4. The molecule has 3 rings (SSSR count). The lowest BCUT2D eigenvalue weighted by Gasteiger charge is -2.30. The molecule has 1 aliphatic rings. The fraction of sp³-hybridized carbons (Fsp3) is 0.517. The monoisotopic (exact) mass is 678 g/mol. The minimum atomic E-state index is -4.33. The maximum atomic E-state index is 13.5. The van der Waals surface area contributed by atoms with Crippen LogP contribution in [0.1, 0.15) is 62.4 Å². The van der Waals surface area contributed by atoms with Crippen LogP contribution in [0.2, 0.25) is 5.02 Å². The van der Waals surface area contributed by atoms with Crippen LogP contribution in [-0.2, 0) is 11.3 Å². The third-order valence-electron chi connectivity index (χ3n) is 7.17. The summed E-state index contributed by atoms with van der Waals surface area (Å²) in [6, 6.07) is 5.58. The van der Waals surface area contributed by atoms with Gasteiger partial charge in [-0.15, -0.1) is 0 Å². The second kappa shape index (κ2) is 14.8. The molecule has 248 valence electrons. The van der Waals surface area contributed by atoms with Crippen LogP contribution < -0.4 is 31.3 Å². The van der Waals surface area contributed by atoms with Gasteiger partial charge in [-0.2, -0.15) is 18.2 Å². The Hall–Kier alpha value is -3.46. The van der Waals surface area contributed by atoms with Crippen LogP contribution in [0.5, 0.6) is 5.88 Å². The molecule has 1 aromatic heterocycles. The summed E-state index contributed by atoms with van der Waals surface area (Å²) in [4.78, 5) is 31.5.